The summed E-state index contributed by atoms with van der Waals surface area (Å²) in [5.74, 6) is 0.907. The van der Waals surface area contributed by atoms with Gasteiger partial charge in [-0.3, -0.25) is 4.79 Å². The number of carbonyl (C=O) groups excluding carboxylic acids is 1. The third-order valence-corrected chi connectivity index (χ3v) is 6.35. The van der Waals surface area contributed by atoms with E-state index in [4.69, 9.17) is 14.2 Å². The third-order valence-electron chi connectivity index (χ3n) is 6.35. The Hall–Kier alpha value is -4.04. The number of carboxylic acid groups (broad SMARTS) is 1. The van der Waals surface area contributed by atoms with Crippen molar-refractivity contribution in [1.29, 1.82) is 0 Å². The van der Waals surface area contributed by atoms with Gasteiger partial charge in [0.25, 0.3) is 0 Å². The first kappa shape index (κ1) is 29.0. The first-order valence-electron chi connectivity index (χ1n) is 13.5. The van der Waals surface area contributed by atoms with Gasteiger partial charge >= 0.3 is 12.1 Å². The minimum atomic E-state index is -0.920. The molecular formula is C32H37NO7. The maximum Gasteiger partial charge on any atom is 0.408 e. The fourth-order valence-electron chi connectivity index (χ4n) is 4.23. The molecule has 8 heteroatoms. The Morgan fingerprint density at radius 3 is 2.45 bits per heavy atom. The van der Waals surface area contributed by atoms with E-state index in [0.29, 0.717) is 23.8 Å². The van der Waals surface area contributed by atoms with E-state index >= 15 is 0 Å². The second-order valence-electron chi connectivity index (χ2n) is 11.1. The van der Waals surface area contributed by atoms with Crippen LogP contribution in [0.1, 0.15) is 56.3 Å². The smallest absolute Gasteiger partial charge is 0.408 e. The SMILES string of the molecule is CC(C)(C)OC(=O)NC(CO)c1cccc(-c2cc(COc3ccccc3CC(=O)O)cc(OCC3CC3)c2)c1. The number of benzene rings is 3. The first-order valence-corrected chi connectivity index (χ1v) is 13.5. The van der Waals surface area contributed by atoms with E-state index in [2.05, 4.69) is 5.32 Å². The molecule has 0 saturated heterocycles. The number of carbonyl (C=O) groups is 2. The number of amides is 1. The highest BCUT2D eigenvalue weighted by Gasteiger charge is 2.23. The Balaban J connectivity index is 1.58. The number of aliphatic hydroxyl groups is 1. The molecule has 0 heterocycles. The first-order chi connectivity index (χ1) is 19.1. The number of hydrogen-bond donors (Lipinski definition) is 3. The zero-order valence-corrected chi connectivity index (χ0v) is 23.2. The highest BCUT2D eigenvalue weighted by Crippen LogP contribution is 2.33. The normalized spacial score (nSPS) is 13.8. The largest absolute Gasteiger partial charge is 0.493 e. The van der Waals surface area contributed by atoms with Gasteiger partial charge in [-0.2, -0.15) is 0 Å². The number of alkyl carbamates (subject to hydrolysis) is 1. The molecule has 0 aromatic heterocycles. The number of hydrogen-bond acceptors (Lipinski definition) is 6. The molecule has 0 spiro atoms. The number of nitrogens with one attached hydrogen (secondary N) is 1. The fraction of sp³-hybridized carbons (Fsp3) is 0.375. The van der Waals surface area contributed by atoms with E-state index in [9.17, 15) is 19.8 Å². The maximum absolute atomic E-state index is 12.3. The summed E-state index contributed by atoms with van der Waals surface area (Å²) < 4.78 is 17.5. The lowest BCUT2D eigenvalue weighted by Gasteiger charge is -2.23. The Kier molecular flexibility index (Phi) is 9.32. The minimum absolute atomic E-state index is 0.123. The Morgan fingerprint density at radius 1 is 0.975 bits per heavy atom. The molecule has 0 radical (unpaired) electrons. The zero-order valence-electron chi connectivity index (χ0n) is 23.2. The predicted octanol–water partition coefficient (Wildman–Crippen LogP) is 5.91. The van der Waals surface area contributed by atoms with Crippen LogP contribution in [0.3, 0.4) is 0 Å². The van der Waals surface area contributed by atoms with Crippen LogP contribution >= 0.6 is 0 Å². The summed E-state index contributed by atoms with van der Waals surface area (Å²) >= 11 is 0. The van der Waals surface area contributed by atoms with E-state index in [1.54, 1.807) is 39.0 Å². The average molecular weight is 548 g/mol. The lowest BCUT2D eigenvalue weighted by Crippen LogP contribution is -2.36. The van der Waals surface area contributed by atoms with Crippen LogP contribution in [-0.4, -0.2) is 41.1 Å². The number of para-hydroxylation sites is 1. The number of aliphatic hydroxyl groups excluding tert-OH is 1. The van der Waals surface area contributed by atoms with Crippen molar-refractivity contribution in [2.75, 3.05) is 13.2 Å². The molecule has 8 nitrogen and oxygen atoms in total. The van der Waals surface area contributed by atoms with Crippen molar-refractivity contribution in [2.24, 2.45) is 5.92 Å². The van der Waals surface area contributed by atoms with Gasteiger partial charge < -0.3 is 29.7 Å². The van der Waals surface area contributed by atoms with Crippen molar-refractivity contribution in [3.05, 3.63) is 83.4 Å². The van der Waals surface area contributed by atoms with E-state index in [0.717, 1.165) is 28.0 Å². The molecule has 0 aliphatic heterocycles. The molecule has 3 aromatic carbocycles. The Morgan fingerprint density at radius 2 is 1.75 bits per heavy atom. The molecule has 1 atom stereocenters. The topological polar surface area (TPSA) is 114 Å². The van der Waals surface area contributed by atoms with Gasteiger partial charge in [-0.25, -0.2) is 4.79 Å². The van der Waals surface area contributed by atoms with Crippen LogP contribution in [0.15, 0.2) is 66.7 Å². The van der Waals surface area contributed by atoms with Crippen molar-refractivity contribution in [3.63, 3.8) is 0 Å². The zero-order chi connectivity index (χ0) is 28.7. The molecular weight excluding hydrogens is 510 g/mol. The van der Waals surface area contributed by atoms with Gasteiger partial charge in [-0.05, 0) is 92.1 Å². The van der Waals surface area contributed by atoms with Crippen molar-refractivity contribution in [2.45, 2.75) is 58.3 Å². The van der Waals surface area contributed by atoms with Crippen LogP contribution in [0.4, 0.5) is 4.79 Å². The second-order valence-corrected chi connectivity index (χ2v) is 11.1. The van der Waals surface area contributed by atoms with Crippen molar-refractivity contribution < 1.29 is 34.0 Å². The van der Waals surface area contributed by atoms with Gasteiger partial charge in [-0.15, -0.1) is 0 Å². The van der Waals surface area contributed by atoms with Crippen LogP contribution in [0, 0.1) is 5.92 Å². The maximum atomic E-state index is 12.3. The van der Waals surface area contributed by atoms with Gasteiger partial charge in [0, 0.05) is 5.56 Å². The third kappa shape index (κ3) is 8.74. The Bertz CT molecular complexity index is 1330. The molecule has 4 rings (SSSR count). The highest BCUT2D eigenvalue weighted by molar-refractivity contribution is 5.71. The predicted molar refractivity (Wildman–Crippen MR) is 151 cm³/mol. The summed E-state index contributed by atoms with van der Waals surface area (Å²) in [6.45, 7) is 5.94. The van der Waals surface area contributed by atoms with Crippen LogP contribution in [-0.2, 0) is 22.6 Å². The van der Waals surface area contributed by atoms with Gasteiger partial charge in [0.1, 0.15) is 23.7 Å². The molecule has 1 aliphatic rings. The van der Waals surface area contributed by atoms with Gasteiger partial charge in [0.05, 0.1) is 25.7 Å². The minimum Gasteiger partial charge on any atom is -0.493 e. The second kappa shape index (κ2) is 12.9. The molecule has 1 fully saturated rings. The molecule has 3 aromatic rings. The van der Waals surface area contributed by atoms with Crippen LogP contribution < -0.4 is 14.8 Å². The summed E-state index contributed by atoms with van der Waals surface area (Å²) in [6.07, 6.45) is 1.62. The standard InChI is InChI=1S/C32H37NO7/c1-32(2,3)40-31(37)33-28(18-34)24-9-6-8-23(15-24)26-13-22(14-27(16-26)38-19-21-11-12-21)20-39-29-10-5-4-7-25(29)17-30(35)36/h4-10,13-16,21,28,34H,11-12,17-20H2,1-3H3,(H,33,37)(H,35,36). The molecule has 212 valence electrons. The van der Waals surface area contributed by atoms with Gasteiger partial charge in [0.15, 0.2) is 0 Å². The molecule has 3 N–H and O–H groups in total. The van der Waals surface area contributed by atoms with Crippen molar-refractivity contribution >= 4 is 12.1 Å². The van der Waals surface area contributed by atoms with E-state index < -0.39 is 23.7 Å². The molecule has 1 unspecified atom stereocenters. The average Bonchev–Trinajstić information content (AvgIpc) is 3.73. The van der Waals surface area contributed by atoms with E-state index in [1.165, 1.54) is 12.8 Å². The number of aliphatic carboxylic acids is 1. The molecule has 1 amide bonds. The molecule has 0 bridgehead atoms. The number of carboxylic acids is 1. The summed E-state index contributed by atoms with van der Waals surface area (Å²) in [5.41, 5.74) is 3.32. The van der Waals surface area contributed by atoms with Crippen LogP contribution in [0.2, 0.25) is 0 Å². The summed E-state index contributed by atoms with van der Waals surface area (Å²) in [6, 6.07) is 20.0. The number of rotatable bonds is 12. The lowest BCUT2D eigenvalue weighted by atomic mass is 9.98. The molecule has 40 heavy (non-hydrogen) atoms. The van der Waals surface area contributed by atoms with Gasteiger partial charge in [-0.1, -0.05) is 36.4 Å². The van der Waals surface area contributed by atoms with Crippen molar-refractivity contribution in [1.82, 2.24) is 5.32 Å². The molecule has 1 aliphatic carbocycles. The van der Waals surface area contributed by atoms with E-state index in [1.807, 2.05) is 48.5 Å². The summed E-state index contributed by atoms with van der Waals surface area (Å²) in [4.78, 5) is 23.6. The quantitative estimate of drug-likeness (QED) is 0.258. The van der Waals surface area contributed by atoms with Gasteiger partial charge in [0.2, 0.25) is 0 Å². The van der Waals surface area contributed by atoms with E-state index in [-0.39, 0.29) is 19.6 Å². The summed E-state index contributed by atoms with van der Waals surface area (Å²) in [5, 5.41) is 22.0. The fourth-order valence-corrected chi connectivity index (χ4v) is 4.23. The number of ether oxygens (including phenoxy) is 3. The van der Waals surface area contributed by atoms with Crippen LogP contribution in [0.25, 0.3) is 11.1 Å². The monoisotopic (exact) mass is 547 g/mol. The molecule has 1 saturated carbocycles. The van der Waals surface area contributed by atoms with Crippen LogP contribution in [0.5, 0.6) is 11.5 Å². The lowest BCUT2D eigenvalue weighted by molar-refractivity contribution is -0.136. The van der Waals surface area contributed by atoms with Crippen molar-refractivity contribution in [3.8, 4) is 22.6 Å². The summed E-state index contributed by atoms with van der Waals surface area (Å²) in [7, 11) is 0. The Labute approximate surface area is 234 Å². The highest BCUT2D eigenvalue weighted by atomic mass is 16.6.